The van der Waals surface area contributed by atoms with Gasteiger partial charge in [0.2, 0.25) is 0 Å². The van der Waals surface area contributed by atoms with Gasteiger partial charge in [-0.25, -0.2) is 14.6 Å². The fraction of sp³-hybridized carbons (Fsp3) is 0.111. The first-order chi connectivity index (χ1) is 7.02. The Morgan fingerprint density at radius 1 is 1.40 bits per heavy atom. The van der Waals surface area contributed by atoms with Gasteiger partial charge >= 0.3 is 17.9 Å². The van der Waals surface area contributed by atoms with E-state index in [1.165, 1.54) is 18.3 Å². The van der Waals surface area contributed by atoms with E-state index in [1.54, 1.807) is 0 Å². The van der Waals surface area contributed by atoms with Gasteiger partial charge in [0, 0.05) is 13.1 Å². The summed E-state index contributed by atoms with van der Waals surface area (Å²) in [4.78, 5) is 35.9. The molecule has 6 nitrogen and oxygen atoms in total. The molecule has 1 aromatic rings. The average molecular weight is 209 g/mol. The largest absolute Gasteiger partial charge is 0.478 e. The lowest BCUT2D eigenvalue weighted by Gasteiger charge is -2.02. The third-order valence-electron chi connectivity index (χ3n) is 1.47. The molecular formula is C9H7NO5. The van der Waals surface area contributed by atoms with Crippen LogP contribution in [0.25, 0.3) is 0 Å². The van der Waals surface area contributed by atoms with Crippen LogP contribution in [0.15, 0.2) is 18.3 Å². The number of hydrogen-bond acceptors (Lipinski definition) is 5. The summed E-state index contributed by atoms with van der Waals surface area (Å²) >= 11 is 0. The predicted molar refractivity (Wildman–Crippen MR) is 47.3 cm³/mol. The maximum Gasteiger partial charge on any atom is 0.365 e. The molecule has 0 unspecified atom stereocenters. The van der Waals surface area contributed by atoms with Crippen LogP contribution >= 0.6 is 0 Å². The third-order valence-corrected chi connectivity index (χ3v) is 1.47. The number of rotatable bonds is 2. The molecule has 0 fully saturated rings. The van der Waals surface area contributed by atoms with Gasteiger partial charge in [-0.05, 0) is 12.1 Å². The second-order valence-corrected chi connectivity index (χ2v) is 2.59. The van der Waals surface area contributed by atoms with Crippen LogP contribution in [0.2, 0.25) is 0 Å². The standard InChI is InChI=1S/C9H7NO5/c1-5(11)15-9(14)7-6(8(12)13)3-2-4-10-7/h2-4H,1H3,(H,12,13). The number of carbonyl (C=O) groups excluding carboxylic acids is 2. The van der Waals surface area contributed by atoms with Crippen LogP contribution in [-0.2, 0) is 9.53 Å². The molecule has 78 valence electrons. The molecule has 0 atom stereocenters. The summed E-state index contributed by atoms with van der Waals surface area (Å²) in [7, 11) is 0. The minimum atomic E-state index is -1.31. The van der Waals surface area contributed by atoms with Crippen LogP contribution in [0.4, 0.5) is 0 Å². The van der Waals surface area contributed by atoms with E-state index in [-0.39, 0.29) is 11.3 Å². The molecule has 0 aliphatic carbocycles. The SMILES string of the molecule is CC(=O)OC(=O)c1ncccc1C(=O)O. The summed E-state index contributed by atoms with van der Waals surface area (Å²) in [5.41, 5.74) is -0.691. The highest BCUT2D eigenvalue weighted by Crippen LogP contribution is 2.06. The molecule has 0 bridgehead atoms. The normalized spacial score (nSPS) is 9.40. The van der Waals surface area contributed by atoms with Crippen LogP contribution in [0.5, 0.6) is 0 Å². The molecule has 6 heteroatoms. The molecule has 0 spiro atoms. The van der Waals surface area contributed by atoms with Crippen LogP contribution in [0.3, 0.4) is 0 Å². The molecule has 0 radical (unpaired) electrons. The minimum Gasteiger partial charge on any atom is -0.478 e. The van der Waals surface area contributed by atoms with E-state index in [4.69, 9.17) is 5.11 Å². The zero-order valence-corrected chi connectivity index (χ0v) is 7.76. The van der Waals surface area contributed by atoms with E-state index < -0.39 is 17.9 Å². The molecule has 1 rings (SSSR count). The predicted octanol–water partition coefficient (Wildman–Crippen LogP) is 0.483. The van der Waals surface area contributed by atoms with Gasteiger partial charge in [-0.1, -0.05) is 0 Å². The Hall–Kier alpha value is -2.24. The summed E-state index contributed by atoms with van der Waals surface area (Å²) in [6.45, 7) is 1.04. The Labute approximate surface area is 84.5 Å². The average Bonchev–Trinajstić information content (AvgIpc) is 2.16. The molecule has 0 aromatic carbocycles. The first-order valence-corrected chi connectivity index (χ1v) is 3.93. The number of aromatic carboxylic acids is 1. The molecular weight excluding hydrogens is 202 g/mol. The second-order valence-electron chi connectivity index (χ2n) is 2.59. The molecule has 1 aromatic heterocycles. The van der Waals surface area contributed by atoms with E-state index in [0.29, 0.717) is 0 Å². The van der Waals surface area contributed by atoms with Gasteiger partial charge in [0.25, 0.3) is 0 Å². The second kappa shape index (κ2) is 4.32. The Kier molecular flexibility index (Phi) is 3.12. The van der Waals surface area contributed by atoms with Crippen LogP contribution in [0, 0.1) is 0 Å². The number of pyridine rings is 1. The lowest BCUT2D eigenvalue weighted by atomic mass is 10.2. The topological polar surface area (TPSA) is 93.6 Å². The minimum absolute atomic E-state index is 0.302. The highest BCUT2D eigenvalue weighted by atomic mass is 16.6. The number of hydrogen-bond donors (Lipinski definition) is 1. The number of esters is 2. The van der Waals surface area contributed by atoms with Crippen LogP contribution in [0.1, 0.15) is 27.8 Å². The van der Waals surface area contributed by atoms with Crippen molar-refractivity contribution >= 4 is 17.9 Å². The van der Waals surface area contributed by atoms with E-state index in [0.717, 1.165) is 6.92 Å². The van der Waals surface area contributed by atoms with Gasteiger partial charge in [-0.3, -0.25) is 4.79 Å². The number of ether oxygens (including phenoxy) is 1. The molecule has 0 saturated heterocycles. The van der Waals surface area contributed by atoms with Crippen LogP contribution < -0.4 is 0 Å². The van der Waals surface area contributed by atoms with Crippen molar-refractivity contribution in [3.63, 3.8) is 0 Å². The molecule has 0 amide bonds. The maximum atomic E-state index is 11.2. The summed E-state index contributed by atoms with van der Waals surface area (Å²) in [5, 5.41) is 8.72. The van der Waals surface area contributed by atoms with Crippen molar-refractivity contribution in [1.29, 1.82) is 0 Å². The number of aromatic nitrogens is 1. The summed E-state index contributed by atoms with van der Waals surface area (Å²) in [5.74, 6) is -3.19. The van der Waals surface area contributed by atoms with Gasteiger partial charge in [0.15, 0.2) is 5.69 Å². The van der Waals surface area contributed by atoms with Crippen molar-refractivity contribution in [2.24, 2.45) is 0 Å². The fourth-order valence-corrected chi connectivity index (χ4v) is 0.919. The highest BCUT2D eigenvalue weighted by Gasteiger charge is 2.19. The van der Waals surface area contributed by atoms with Crippen molar-refractivity contribution in [3.05, 3.63) is 29.6 Å². The molecule has 0 aliphatic rings. The summed E-state index contributed by atoms with van der Waals surface area (Å²) in [6, 6.07) is 2.57. The quantitative estimate of drug-likeness (QED) is 0.562. The lowest BCUT2D eigenvalue weighted by Crippen LogP contribution is -2.15. The first kappa shape index (κ1) is 10.8. The number of carboxylic acid groups (broad SMARTS) is 1. The van der Waals surface area contributed by atoms with Crippen molar-refractivity contribution in [2.75, 3.05) is 0 Å². The number of carbonyl (C=O) groups is 3. The van der Waals surface area contributed by atoms with Gasteiger partial charge in [-0.15, -0.1) is 0 Å². The molecule has 0 saturated carbocycles. The van der Waals surface area contributed by atoms with E-state index >= 15 is 0 Å². The zero-order valence-electron chi connectivity index (χ0n) is 7.76. The highest BCUT2D eigenvalue weighted by molar-refractivity contribution is 6.03. The third kappa shape index (κ3) is 2.60. The van der Waals surface area contributed by atoms with Crippen LogP contribution in [-0.4, -0.2) is 28.0 Å². The molecule has 1 heterocycles. The zero-order chi connectivity index (χ0) is 11.4. The first-order valence-electron chi connectivity index (χ1n) is 3.93. The molecule has 0 aliphatic heterocycles. The smallest absolute Gasteiger partial charge is 0.365 e. The Morgan fingerprint density at radius 3 is 2.60 bits per heavy atom. The van der Waals surface area contributed by atoms with Gasteiger partial charge < -0.3 is 9.84 Å². The molecule has 15 heavy (non-hydrogen) atoms. The Morgan fingerprint density at radius 2 is 2.07 bits per heavy atom. The summed E-state index contributed by atoms with van der Waals surface area (Å²) < 4.78 is 4.22. The number of carboxylic acids is 1. The van der Waals surface area contributed by atoms with E-state index in [9.17, 15) is 14.4 Å². The van der Waals surface area contributed by atoms with E-state index in [2.05, 4.69) is 9.72 Å². The van der Waals surface area contributed by atoms with Crippen molar-refractivity contribution in [3.8, 4) is 0 Å². The fourth-order valence-electron chi connectivity index (χ4n) is 0.919. The van der Waals surface area contributed by atoms with Gasteiger partial charge in [0.05, 0.1) is 5.56 Å². The lowest BCUT2D eigenvalue weighted by molar-refractivity contribution is -0.135. The van der Waals surface area contributed by atoms with Crippen molar-refractivity contribution in [1.82, 2.24) is 4.98 Å². The van der Waals surface area contributed by atoms with Crippen molar-refractivity contribution < 1.29 is 24.2 Å². The van der Waals surface area contributed by atoms with Gasteiger partial charge in [-0.2, -0.15) is 0 Å². The van der Waals surface area contributed by atoms with Gasteiger partial charge in [0.1, 0.15) is 0 Å². The Balaban J connectivity index is 3.08. The number of nitrogens with zero attached hydrogens (tertiary/aromatic N) is 1. The Bertz CT molecular complexity index is 426. The summed E-state index contributed by atoms with van der Waals surface area (Å²) in [6.07, 6.45) is 1.24. The van der Waals surface area contributed by atoms with E-state index in [1.807, 2.05) is 0 Å². The van der Waals surface area contributed by atoms with Crippen molar-refractivity contribution in [2.45, 2.75) is 6.92 Å². The molecule has 1 N–H and O–H groups in total. The maximum absolute atomic E-state index is 11.2. The monoisotopic (exact) mass is 209 g/mol.